The average molecular weight is 424 g/mol. The number of nitrogens with one attached hydrogen (secondary N) is 1. The minimum atomic E-state index is -0.0376. The molecule has 0 bridgehead atoms. The standard InChI is InChI=1S/C22H25N5O2S/c1-14(2)13-26-21(29)20-17(10-11-30-20)27-18(24-25-22(26)27)8-9-19(28)23-12-16-6-4-15(3)5-7-16/h4-7,10-11,14H,8-9,12-13H2,1-3H3,(H,23,28). The maximum atomic E-state index is 12.9. The summed E-state index contributed by atoms with van der Waals surface area (Å²) in [5.41, 5.74) is 3.04. The van der Waals surface area contributed by atoms with Crippen LogP contribution >= 0.6 is 11.3 Å². The Hall–Kier alpha value is -3.00. The predicted octanol–water partition coefficient (Wildman–Crippen LogP) is 3.32. The van der Waals surface area contributed by atoms with Crippen molar-refractivity contribution in [2.24, 2.45) is 5.92 Å². The second-order valence-electron chi connectivity index (χ2n) is 7.96. The molecule has 0 spiro atoms. The topological polar surface area (TPSA) is 81.3 Å². The lowest BCUT2D eigenvalue weighted by atomic mass is 10.1. The van der Waals surface area contributed by atoms with Crippen LogP contribution < -0.4 is 10.9 Å². The normalized spacial score (nSPS) is 11.6. The summed E-state index contributed by atoms with van der Waals surface area (Å²) in [6.07, 6.45) is 0.757. The molecule has 0 aliphatic rings. The van der Waals surface area contributed by atoms with Crippen molar-refractivity contribution in [3.8, 4) is 0 Å². The van der Waals surface area contributed by atoms with Gasteiger partial charge in [-0.25, -0.2) is 0 Å². The Labute approximate surface area is 178 Å². The first kappa shape index (κ1) is 20.3. The van der Waals surface area contributed by atoms with Gasteiger partial charge in [-0.3, -0.25) is 18.6 Å². The summed E-state index contributed by atoms with van der Waals surface area (Å²) in [5.74, 6) is 1.49. The molecule has 7 nitrogen and oxygen atoms in total. The smallest absolute Gasteiger partial charge is 0.272 e. The van der Waals surface area contributed by atoms with Crippen LogP contribution in [0.25, 0.3) is 16.0 Å². The molecule has 1 aromatic carbocycles. The highest BCUT2D eigenvalue weighted by molar-refractivity contribution is 7.17. The number of amides is 1. The minimum Gasteiger partial charge on any atom is -0.352 e. The lowest BCUT2D eigenvalue weighted by Gasteiger charge is -2.11. The van der Waals surface area contributed by atoms with Crippen molar-refractivity contribution in [1.82, 2.24) is 24.5 Å². The van der Waals surface area contributed by atoms with E-state index in [1.165, 1.54) is 16.9 Å². The molecule has 30 heavy (non-hydrogen) atoms. The molecular weight excluding hydrogens is 398 g/mol. The second-order valence-corrected chi connectivity index (χ2v) is 8.87. The van der Waals surface area contributed by atoms with Crippen molar-refractivity contribution in [2.75, 3.05) is 0 Å². The molecule has 3 heterocycles. The second kappa shape index (κ2) is 8.39. The van der Waals surface area contributed by atoms with E-state index in [0.717, 1.165) is 11.1 Å². The molecule has 0 radical (unpaired) electrons. The van der Waals surface area contributed by atoms with E-state index in [1.807, 2.05) is 47.0 Å². The summed E-state index contributed by atoms with van der Waals surface area (Å²) in [6, 6.07) is 10.0. The van der Waals surface area contributed by atoms with Crippen molar-refractivity contribution >= 4 is 33.2 Å². The van der Waals surface area contributed by atoms with E-state index in [1.54, 1.807) is 4.57 Å². The van der Waals surface area contributed by atoms with Crippen LogP contribution in [0.3, 0.4) is 0 Å². The van der Waals surface area contributed by atoms with Crippen LogP contribution in [-0.2, 0) is 24.3 Å². The Kier molecular flexibility index (Phi) is 5.67. The van der Waals surface area contributed by atoms with Gasteiger partial charge in [0.05, 0.1) is 5.52 Å². The fourth-order valence-electron chi connectivity index (χ4n) is 3.49. The Morgan fingerprint density at radius 3 is 2.67 bits per heavy atom. The van der Waals surface area contributed by atoms with Crippen molar-refractivity contribution in [2.45, 2.75) is 46.7 Å². The highest BCUT2D eigenvalue weighted by Crippen LogP contribution is 2.20. The molecule has 1 N–H and O–H groups in total. The molecule has 3 aromatic heterocycles. The first-order chi connectivity index (χ1) is 14.4. The first-order valence-corrected chi connectivity index (χ1v) is 11.0. The molecule has 4 aromatic rings. The van der Waals surface area contributed by atoms with E-state index in [9.17, 15) is 9.59 Å². The molecule has 156 valence electrons. The number of fused-ring (bicyclic) bond motifs is 3. The van der Waals surface area contributed by atoms with Gasteiger partial charge in [0.25, 0.3) is 5.56 Å². The predicted molar refractivity (Wildman–Crippen MR) is 119 cm³/mol. The fraction of sp³-hybridized carbons (Fsp3) is 0.364. The largest absolute Gasteiger partial charge is 0.352 e. The Morgan fingerprint density at radius 2 is 1.93 bits per heavy atom. The van der Waals surface area contributed by atoms with Crippen molar-refractivity contribution in [1.29, 1.82) is 0 Å². The summed E-state index contributed by atoms with van der Waals surface area (Å²) in [5, 5.41) is 13.5. The molecule has 0 fully saturated rings. The molecule has 4 rings (SSSR count). The summed E-state index contributed by atoms with van der Waals surface area (Å²) >= 11 is 1.42. The number of hydrogen-bond acceptors (Lipinski definition) is 5. The first-order valence-electron chi connectivity index (χ1n) is 10.1. The third-order valence-electron chi connectivity index (χ3n) is 5.01. The third kappa shape index (κ3) is 4.00. The molecule has 0 aliphatic heterocycles. The molecule has 1 amide bonds. The van der Waals surface area contributed by atoms with Crippen LogP contribution in [0.1, 0.15) is 37.2 Å². The third-order valence-corrected chi connectivity index (χ3v) is 5.90. The molecule has 0 aliphatic carbocycles. The van der Waals surface area contributed by atoms with Gasteiger partial charge in [0, 0.05) is 25.9 Å². The molecule has 0 unspecified atom stereocenters. The number of benzene rings is 1. The zero-order valence-electron chi connectivity index (χ0n) is 17.4. The van der Waals surface area contributed by atoms with E-state index in [0.29, 0.717) is 48.2 Å². The number of nitrogens with zero attached hydrogens (tertiary/aromatic N) is 4. The highest BCUT2D eigenvalue weighted by Gasteiger charge is 2.18. The molecule has 0 atom stereocenters. The number of thiophene rings is 1. The zero-order chi connectivity index (χ0) is 21.3. The van der Waals surface area contributed by atoms with E-state index in [2.05, 4.69) is 29.4 Å². The fourth-order valence-corrected chi connectivity index (χ4v) is 4.32. The summed E-state index contributed by atoms with van der Waals surface area (Å²) in [6.45, 7) is 7.25. The van der Waals surface area contributed by atoms with E-state index >= 15 is 0 Å². The SMILES string of the molecule is Cc1ccc(CNC(=O)CCc2nnc3n(CC(C)C)c(=O)c4sccc4n23)cc1. The Balaban J connectivity index is 1.54. The van der Waals surface area contributed by atoms with Gasteiger partial charge in [-0.1, -0.05) is 43.7 Å². The summed E-state index contributed by atoms with van der Waals surface area (Å²) < 4.78 is 4.30. The lowest BCUT2D eigenvalue weighted by molar-refractivity contribution is -0.121. The minimum absolute atomic E-state index is 0.0315. The van der Waals surface area contributed by atoms with Crippen LogP contribution in [0.2, 0.25) is 0 Å². The van der Waals surface area contributed by atoms with E-state index < -0.39 is 0 Å². The number of carbonyl (C=O) groups excluding carboxylic acids is 1. The van der Waals surface area contributed by atoms with Crippen LogP contribution in [0, 0.1) is 12.8 Å². The van der Waals surface area contributed by atoms with Crippen LogP contribution in [0.5, 0.6) is 0 Å². The van der Waals surface area contributed by atoms with Crippen molar-refractivity contribution in [3.05, 3.63) is 63.0 Å². The van der Waals surface area contributed by atoms with Gasteiger partial charge in [-0.2, -0.15) is 0 Å². The van der Waals surface area contributed by atoms with Gasteiger partial charge in [-0.05, 0) is 29.9 Å². The van der Waals surface area contributed by atoms with Gasteiger partial charge < -0.3 is 5.32 Å². The van der Waals surface area contributed by atoms with Gasteiger partial charge in [0.2, 0.25) is 11.7 Å². The molecule has 0 saturated heterocycles. The summed E-state index contributed by atoms with van der Waals surface area (Å²) in [7, 11) is 0. The van der Waals surface area contributed by atoms with E-state index in [4.69, 9.17) is 0 Å². The van der Waals surface area contributed by atoms with Gasteiger partial charge in [-0.15, -0.1) is 21.5 Å². The zero-order valence-corrected chi connectivity index (χ0v) is 18.2. The Morgan fingerprint density at radius 1 is 1.17 bits per heavy atom. The lowest BCUT2D eigenvalue weighted by Crippen LogP contribution is -2.25. The number of hydrogen-bond donors (Lipinski definition) is 1. The van der Waals surface area contributed by atoms with Crippen LogP contribution in [0.4, 0.5) is 0 Å². The van der Waals surface area contributed by atoms with E-state index in [-0.39, 0.29) is 11.5 Å². The Bertz CT molecular complexity index is 1250. The monoisotopic (exact) mass is 423 g/mol. The number of aromatic nitrogens is 4. The maximum Gasteiger partial charge on any atom is 0.272 e. The molecule has 8 heteroatoms. The van der Waals surface area contributed by atoms with Crippen LogP contribution in [-0.4, -0.2) is 25.1 Å². The van der Waals surface area contributed by atoms with Crippen molar-refractivity contribution < 1.29 is 4.79 Å². The number of rotatable bonds is 7. The van der Waals surface area contributed by atoms with Gasteiger partial charge in [0.1, 0.15) is 10.5 Å². The van der Waals surface area contributed by atoms with Crippen molar-refractivity contribution in [3.63, 3.8) is 0 Å². The van der Waals surface area contributed by atoms with Gasteiger partial charge in [0.15, 0.2) is 0 Å². The molecule has 0 saturated carbocycles. The quantitative estimate of drug-likeness (QED) is 0.494. The highest BCUT2D eigenvalue weighted by atomic mass is 32.1. The molecular formula is C22H25N5O2S. The van der Waals surface area contributed by atoms with Crippen LogP contribution in [0.15, 0.2) is 40.5 Å². The maximum absolute atomic E-state index is 12.9. The number of aryl methyl sites for hydroxylation is 2. The summed E-state index contributed by atoms with van der Waals surface area (Å²) in [4.78, 5) is 25.3. The number of carbonyl (C=O) groups is 1. The van der Waals surface area contributed by atoms with Gasteiger partial charge >= 0.3 is 0 Å². The average Bonchev–Trinajstić information content (AvgIpc) is 3.36.